The van der Waals surface area contributed by atoms with Gasteiger partial charge >= 0.3 is 0 Å². The summed E-state index contributed by atoms with van der Waals surface area (Å²) in [5.74, 6) is -2.10. The molecule has 1 heterocycles. The molecule has 1 aromatic heterocycles. The lowest BCUT2D eigenvalue weighted by atomic mass is 10.3. The Balaban J connectivity index is 2.04. The van der Waals surface area contributed by atoms with E-state index in [1.807, 2.05) is 0 Å². The molecule has 106 valence electrons. The van der Waals surface area contributed by atoms with Gasteiger partial charge in [-0.05, 0) is 26.0 Å². The Labute approximate surface area is 122 Å². The average Bonchev–Trinajstić information content (AvgIpc) is 2.79. The standard InChI is InChI=1S/C12H11F2N3OS2/c1-6(19-12-17-16-7(2)20-12)11(18)15-10-8(13)4-3-5-9(10)14/h3-6H,1-2H3,(H,15,18). The molecular weight excluding hydrogens is 304 g/mol. The monoisotopic (exact) mass is 315 g/mol. The number of aromatic nitrogens is 2. The van der Waals surface area contributed by atoms with Gasteiger partial charge in [0, 0.05) is 0 Å². The van der Waals surface area contributed by atoms with Crippen molar-refractivity contribution in [3.05, 3.63) is 34.8 Å². The molecule has 0 radical (unpaired) electrons. The minimum atomic E-state index is -0.803. The number of anilines is 1. The topological polar surface area (TPSA) is 54.9 Å². The van der Waals surface area contributed by atoms with Crippen LogP contribution in [0.1, 0.15) is 11.9 Å². The zero-order valence-electron chi connectivity index (χ0n) is 10.7. The normalized spacial score (nSPS) is 12.2. The predicted octanol–water partition coefficient (Wildman–Crippen LogP) is 3.24. The van der Waals surface area contributed by atoms with Crippen LogP contribution in [0.3, 0.4) is 0 Å². The van der Waals surface area contributed by atoms with Crippen LogP contribution in [0.5, 0.6) is 0 Å². The highest BCUT2D eigenvalue weighted by Crippen LogP contribution is 2.27. The third kappa shape index (κ3) is 3.51. The number of nitrogens with zero attached hydrogens (tertiary/aromatic N) is 2. The molecule has 1 aromatic carbocycles. The summed E-state index contributed by atoms with van der Waals surface area (Å²) >= 11 is 2.55. The van der Waals surface area contributed by atoms with Crippen molar-refractivity contribution in [2.75, 3.05) is 5.32 Å². The van der Waals surface area contributed by atoms with Crippen molar-refractivity contribution < 1.29 is 13.6 Å². The molecule has 0 spiro atoms. The number of thioether (sulfide) groups is 1. The molecule has 0 aliphatic carbocycles. The van der Waals surface area contributed by atoms with Crippen LogP contribution in [0.4, 0.5) is 14.5 Å². The first kappa shape index (κ1) is 14.9. The van der Waals surface area contributed by atoms with Crippen LogP contribution in [0, 0.1) is 18.6 Å². The number of benzene rings is 1. The van der Waals surface area contributed by atoms with E-state index >= 15 is 0 Å². The number of nitrogens with one attached hydrogen (secondary N) is 1. The van der Waals surface area contributed by atoms with E-state index in [1.165, 1.54) is 29.2 Å². The summed E-state index contributed by atoms with van der Waals surface area (Å²) in [4.78, 5) is 11.9. The molecule has 1 unspecified atom stereocenters. The Morgan fingerprint density at radius 3 is 2.55 bits per heavy atom. The number of carbonyl (C=O) groups excluding carboxylic acids is 1. The minimum absolute atomic E-state index is 0.432. The molecule has 0 fully saturated rings. The van der Waals surface area contributed by atoms with E-state index in [9.17, 15) is 13.6 Å². The lowest BCUT2D eigenvalue weighted by Gasteiger charge is -2.11. The Morgan fingerprint density at radius 2 is 2.00 bits per heavy atom. The minimum Gasteiger partial charge on any atom is -0.320 e. The molecule has 20 heavy (non-hydrogen) atoms. The van der Waals surface area contributed by atoms with Crippen molar-refractivity contribution in [3.63, 3.8) is 0 Å². The molecule has 1 amide bonds. The number of para-hydroxylation sites is 1. The van der Waals surface area contributed by atoms with Crippen molar-refractivity contribution in [2.24, 2.45) is 0 Å². The highest BCUT2D eigenvalue weighted by molar-refractivity contribution is 8.02. The van der Waals surface area contributed by atoms with Crippen molar-refractivity contribution in [1.29, 1.82) is 0 Å². The first-order valence-corrected chi connectivity index (χ1v) is 7.38. The first-order valence-electron chi connectivity index (χ1n) is 5.69. The molecule has 1 N–H and O–H groups in total. The van der Waals surface area contributed by atoms with Gasteiger partial charge < -0.3 is 5.32 Å². The molecule has 2 rings (SSSR count). The molecule has 0 saturated carbocycles. The second-order valence-corrected chi connectivity index (χ2v) is 6.70. The van der Waals surface area contributed by atoms with Crippen LogP contribution < -0.4 is 5.32 Å². The van der Waals surface area contributed by atoms with Crippen LogP contribution in [-0.2, 0) is 4.79 Å². The van der Waals surface area contributed by atoms with Crippen LogP contribution in [-0.4, -0.2) is 21.4 Å². The van der Waals surface area contributed by atoms with Crippen molar-refractivity contribution >= 4 is 34.7 Å². The van der Waals surface area contributed by atoms with Crippen molar-refractivity contribution in [2.45, 2.75) is 23.4 Å². The van der Waals surface area contributed by atoms with Crippen LogP contribution in [0.25, 0.3) is 0 Å². The Kier molecular flexibility index (Phi) is 4.66. The summed E-state index contributed by atoms with van der Waals surface area (Å²) < 4.78 is 27.5. The van der Waals surface area contributed by atoms with Crippen LogP contribution in [0.2, 0.25) is 0 Å². The van der Waals surface area contributed by atoms with Gasteiger partial charge in [0.15, 0.2) is 4.34 Å². The molecule has 8 heteroatoms. The molecule has 0 saturated heterocycles. The van der Waals surface area contributed by atoms with E-state index in [1.54, 1.807) is 13.8 Å². The number of carbonyl (C=O) groups is 1. The maximum absolute atomic E-state index is 13.4. The predicted molar refractivity (Wildman–Crippen MR) is 75.0 cm³/mol. The van der Waals surface area contributed by atoms with Crippen LogP contribution in [0.15, 0.2) is 22.5 Å². The summed E-state index contributed by atoms with van der Waals surface area (Å²) in [7, 11) is 0. The Hall–Kier alpha value is -1.54. The lowest BCUT2D eigenvalue weighted by molar-refractivity contribution is -0.115. The highest BCUT2D eigenvalue weighted by Gasteiger charge is 2.19. The molecule has 0 aliphatic heterocycles. The molecule has 4 nitrogen and oxygen atoms in total. The maximum atomic E-state index is 13.4. The van der Waals surface area contributed by atoms with Gasteiger partial charge in [-0.3, -0.25) is 4.79 Å². The van der Waals surface area contributed by atoms with Gasteiger partial charge in [0.2, 0.25) is 5.91 Å². The Morgan fingerprint density at radius 1 is 1.35 bits per heavy atom. The number of halogens is 2. The van der Waals surface area contributed by atoms with Gasteiger partial charge in [-0.25, -0.2) is 8.78 Å². The largest absolute Gasteiger partial charge is 0.320 e. The first-order chi connectivity index (χ1) is 9.47. The highest BCUT2D eigenvalue weighted by atomic mass is 32.2. The van der Waals surface area contributed by atoms with E-state index in [0.29, 0.717) is 4.34 Å². The third-order valence-electron chi connectivity index (χ3n) is 2.37. The van der Waals surface area contributed by atoms with Gasteiger partial charge in [0.05, 0.1) is 5.25 Å². The van der Waals surface area contributed by atoms with Gasteiger partial charge in [0.1, 0.15) is 22.3 Å². The fourth-order valence-electron chi connectivity index (χ4n) is 1.37. The van der Waals surface area contributed by atoms with Crippen molar-refractivity contribution in [1.82, 2.24) is 10.2 Å². The van der Waals surface area contributed by atoms with Gasteiger partial charge in [-0.2, -0.15) is 0 Å². The summed E-state index contributed by atoms with van der Waals surface area (Å²) in [6.45, 7) is 3.44. The quantitative estimate of drug-likeness (QED) is 0.880. The molecular formula is C12H11F2N3OS2. The maximum Gasteiger partial charge on any atom is 0.237 e. The van der Waals surface area contributed by atoms with E-state index < -0.39 is 28.5 Å². The average molecular weight is 315 g/mol. The number of amides is 1. The second-order valence-electron chi connectivity index (χ2n) is 3.93. The van der Waals surface area contributed by atoms with Gasteiger partial charge in [-0.1, -0.05) is 29.2 Å². The molecule has 1 atom stereocenters. The SMILES string of the molecule is Cc1nnc(SC(C)C(=O)Nc2c(F)cccc2F)s1. The van der Waals surface area contributed by atoms with Gasteiger partial charge in [-0.15, -0.1) is 10.2 Å². The zero-order valence-corrected chi connectivity index (χ0v) is 12.3. The number of rotatable bonds is 4. The molecule has 0 aliphatic rings. The lowest BCUT2D eigenvalue weighted by Crippen LogP contribution is -2.23. The molecule has 2 aromatic rings. The summed E-state index contributed by atoms with van der Waals surface area (Å²) in [6, 6.07) is 3.41. The summed E-state index contributed by atoms with van der Waals surface area (Å²) in [5.41, 5.74) is -0.432. The van der Waals surface area contributed by atoms with Gasteiger partial charge in [0.25, 0.3) is 0 Å². The summed E-state index contributed by atoms with van der Waals surface area (Å²) in [5, 5.41) is 10.2. The van der Waals surface area contributed by atoms with Crippen molar-refractivity contribution in [3.8, 4) is 0 Å². The third-order valence-corrected chi connectivity index (χ3v) is 4.39. The number of hydrogen-bond donors (Lipinski definition) is 1. The second kappa shape index (κ2) is 6.27. The number of aryl methyl sites for hydroxylation is 1. The summed E-state index contributed by atoms with van der Waals surface area (Å²) in [6.07, 6.45) is 0. The smallest absolute Gasteiger partial charge is 0.237 e. The fourth-order valence-corrected chi connectivity index (χ4v) is 3.33. The van der Waals surface area contributed by atoms with E-state index in [2.05, 4.69) is 15.5 Å². The zero-order chi connectivity index (χ0) is 14.7. The Bertz CT molecular complexity index is 613. The van der Waals surface area contributed by atoms with E-state index in [4.69, 9.17) is 0 Å². The number of hydrogen-bond acceptors (Lipinski definition) is 5. The fraction of sp³-hybridized carbons (Fsp3) is 0.250. The van der Waals surface area contributed by atoms with Crippen LogP contribution >= 0.6 is 23.1 Å². The molecule has 0 bridgehead atoms. The van der Waals surface area contributed by atoms with E-state index in [-0.39, 0.29) is 0 Å². The van der Waals surface area contributed by atoms with E-state index in [0.717, 1.165) is 17.1 Å².